The van der Waals surface area contributed by atoms with Gasteiger partial charge in [0.25, 0.3) is 0 Å². The highest BCUT2D eigenvalue weighted by molar-refractivity contribution is 5.82. The summed E-state index contributed by atoms with van der Waals surface area (Å²) in [6.07, 6.45) is 2.74. The van der Waals surface area contributed by atoms with Crippen LogP contribution in [0.4, 0.5) is 9.18 Å². The van der Waals surface area contributed by atoms with Crippen LogP contribution >= 0.6 is 0 Å². The first kappa shape index (κ1) is 24.0. The summed E-state index contributed by atoms with van der Waals surface area (Å²) in [5.74, 6) is -1.14. The van der Waals surface area contributed by atoms with Gasteiger partial charge in [0.2, 0.25) is 5.91 Å². The molecule has 0 aliphatic carbocycles. The van der Waals surface area contributed by atoms with Gasteiger partial charge in [-0.05, 0) is 63.6 Å². The Balaban J connectivity index is 1.74. The van der Waals surface area contributed by atoms with Gasteiger partial charge in [-0.2, -0.15) is 0 Å². The van der Waals surface area contributed by atoms with Gasteiger partial charge in [-0.3, -0.25) is 9.59 Å². The fourth-order valence-corrected chi connectivity index (χ4v) is 4.76. The zero-order valence-corrected chi connectivity index (χ0v) is 19.2. The van der Waals surface area contributed by atoms with Crippen molar-refractivity contribution in [2.45, 2.75) is 52.5 Å². The molecule has 0 unspecified atom stereocenters. The molecule has 0 bridgehead atoms. The number of carbonyl (C=O) groups is 3. The van der Waals surface area contributed by atoms with Gasteiger partial charge in [-0.1, -0.05) is 12.1 Å². The fourth-order valence-electron chi connectivity index (χ4n) is 4.76. The highest BCUT2D eigenvalue weighted by Crippen LogP contribution is 2.35. The lowest BCUT2D eigenvalue weighted by molar-refractivity contribution is -0.152. The molecule has 2 heterocycles. The normalized spacial score (nSPS) is 23.6. The molecule has 0 saturated carbocycles. The first-order chi connectivity index (χ1) is 15.3. The molecule has 7 nitrogen and oxygen atoms in total. The van der Waals surface area contributed by atoms with Crippen molar-refractivity contribution >= 4 is 17.9 Å². The molecule has 3 rings (SSSR count). The number of halogens is 1. The Morgan fingerprint density at radius 3 is 2.59 bits per heavy atom. The number of rotatable bonds is 5. The molecule has 176 valence electrons. The van der Waals surface area contributed by atoms with Gasteiger partial charge in [0.05, 0.1) is 24.5 Å². The summed E-state index contributed by atoms with van der Waals surface area (Å²) in [6, 6.07) is 4.50. The highest BCUT2D eigenvalue weighted by atomic mass is 19.1. The maximum absolute atomic E-state index is 13.8. The van der Waals surface area contributed by atoms with Crippen LogP contribution < -0.4 is 5.32 Å². The second kappa shape index (κ2) is 10.8. The average molecular weight is 448 g/mol. The molecule has 2 saturated heterocycles. The van der Waals surface area contributed by atoms with Crippen LogP contribution in [-0.4, -0.2) is 60.5 Å². The summed E-state index contributed by atoms with van der Waals surface area (Å²) in [5.41, 5.74) is 1.41. The molecular formula is C24H34FN3O4. The summed E-state index contributed by atoms with van der Waals surface area (Å²) in [4.78, 5) is 41.8. The monoisotopic (exact) mass is 447 g/mol. The third kappa shape index (κ3) is 5.40. The molecule has 2 aliphatic rings. The molecule has 1 N–H and O–H groups in total. The predicted octanol–water partition coefficient (Wildman–Crippen LogP) is 3.42. The second-order valence-corrected chi connectivity index (χ2v) is 8.66. The minimum absolute atomic E-state index is 0.0120. The molecular weight excluding hydrogens is 413 g/mol. The number of nitrogens with one attached hydrogen (secondary N) is 1. The summed E-state index contributed by atoms with van der Waals surface area (Å²) in [6.45, 7) is 7.44. The van der Waals surface area contributed by atoms with Gasteiger partial charge in [0.1, 0.15) is 5.82 Å². The number of ether oxygens (including phenoxy) is 1. The number of benzene rings is 1. The molecule has 0 aromatic heterocycles. The lowest BCUT2D eigenvalue weighted by Crippen LogP contribution is -2.52. The molecule has 2 aliphatic heterocycles. The number of likely N-dealkylation sites (tertiary alicyclic amines) is 2. The Hall–Kier alpha value is -2.64. The third-order valence-corrected chi connectivity index (χ3v) is 6.44. The van der Waals surface area contributed by atoms with Crippen LogP contribution in [0.3, 0.4) is 0 Å². The first-order valence-electron chi connectivity index (χ1n) is 11.6. The Bertz CT molecular complexity index is 847. The number of urea groups is 1. The quantitative estimate of drug-likeness (QED) is 0.702. The minimum Gasteiger partial charge on any atom is -0.466 e. The summed E-state index contributed by atoms with van der Waals surface area (Å²) in [5, 5.41) is 2.84. The van der Waals surface area contributed by atoms with Crippen molar-refractivity contribution in [3.63, 3.8) is 0 Å². The number of carbonyl (C=O) groups excluding carboxylic acids is 3. The molecule has 3 amide bonds. The van der Waals surface area contributed by atoms with Crippen molar-refractivity contribution in [1.29, 1.82) is 0 Å². The molecule has 32 heavy (non-hydrogen) atoms. The Morgan fingerprint density at radius 1 is 1.12 bits per heavy atom. The van der Waals surface area contributed by atoms with E-state index in [4.69, 9.17) is 4.74 Å². The Labute approximate surface area is 189 Å². The standard InChI is InChI=1S/C24H34FN3O4/c1-4-26-24(31)28-15-18(9-11-21(28)17-8-10-20(25)16(3)13-17)22(29)27-12-6-7-19(14-27)23(30)32-5-2/h8,10,13,18-19,21H,4-7,9,11-12,14-15H2,1-3H3,(H,26,31)/t18-,19-,21-/m1/s1. The zero-order valence-electron chi connectivity index (χ0n) is 19.2. The number of hydrogen-bond acceptors (Lipinski definition) is 4. The van der Waals surface area contributed by atoms with Crippen LogP contribution in [0.1, 0.15) is 56.7 Å². The summed E-state index contributed by atoms with van der Waals surface area (Å²) < 4.78 is 18.9. The van der Waals surface area contributed by atoms with Crippen LogP contribution in [0.15, 0.2) is 18.2 Å². The minimum atomic E-state index is -0.323. The van der Waals surface area contributed by atoms with Crippen molar-refractivity contribution in [2.75, 3.05) is 32.8 Å². The number of aryl methyl sites for hydroxylation is 1. The van der Waals surface area contributed by atoms with Gasteiger partial charge in [-0.15, -0.1) is 0 Å². The van der Waals surface area contributed by atoms with Gasteiger partial charge in [0.15, 0.2) is 0 Å². The van der Waals surface area contributed by atoms with E-state index in [9.17, 15) is 18.8 Å². The van der Waals surface area contributed by atoms with Gasteiger partial charge < -0.3 is 19.9 Å². The summed E-state index contributed by atoms with van der Waals surface area (Å²) >= 11 is 0. The molecule has 1 aromatic rings. The van der Waals surface area contributed by atoms with E-state index >= 15 is 0 Å². The Morgan fingerprint density at radius 2 is 1.91 bits per heavy atom. The van der Waals surface area contributed by atoms with E-state index in [0.29, 0.717) is 51.2 Å². The molecule has 3 atom stereocenters. The number of hydrogen-bond donors (Lipinski definition) is 1. The summed E-state index contributed by atoms with van der Waals surface area (Å²) in [7, 11) is 0. The lowest BCUT2D eigenvalue weighted by Gasteiger charge is -2.42. The molecule has 0 radical (unpaired) electrons. The van der Waals surface area contributed by atoms with Gasteiger partial charge >= 0.3 is 12.0 Å². The number of nitrogens with zero attached hydrogens (tertiary/aromatic N) is 2. The fraction of sp³-hybridized carbons (Fsp3) is 0.625. The Kier molecular flexibility index (Phi) is 8.10. The van der Waals surface area contributed by atoms with Crippen molar-refractivity contribution in [2.24, 2.45) is 11.8 Å². The molecule has 8 heteroatoms. The third-order valence-electron chi connectivity index (χ3n) is 6.44. The number of piperidine rings is 2. The maximum Gasteiger partial charge on any atom is 0.317 e. The van der Waals surface area contributed by atoms with Crippen molar-refractivity contribution in [3.8, 4) is 0 Å². The van der Waals surface area contributed by atoms with E-state index in [1.807, 2.05) is 6.92 Å². The van der Waals surface area contributed by atoms with Crippen LogP contribution in [0, 0.1) is 24.6 Å². The number of amides is 3. The SMILES string of the molecule is CCNC(=O)N1C[C@H](C(=O)N2CCC[C@@H](C(=O)OCC)C2)CC[C@@H]1c1ccc(F)c(C)c1. The largest absolute Gasteiger partial charge is 0.466 e. The topological polar surface area (TPSA) is 79.0 Å². The van der Waals surface area contributed by atoms with E-state index in [1.165, 1.54) is 6.07 Å². The highest BCUT2D eigenvalue weighted by Gasteiger charge is 2.39. The van der Waals surface area contributed by atoms with E-state index in [2.05, 4.69) is 5.32 Å². The van der Waals surface area contributed by atoms with Crippen molar-refractivity contribution in [1.82, 2.24) is 15.1 Å². The molecule has 2 fully saturated rings. The maximum atomic E-state index is 13.8. The van der Waals surface area contributed by atoms with E-state index < -0.39 is 0 Å². The van der Waals surface area contributed by atoms with Crippen LogP contribution in [0.5, 0.6) is 0 Å². The lowest BCUT2D eigenvalue weighted by atomic mass is 9.87. The first-order valence-corrected chi connectivity index (χ1v) is 11.6. The van der Waals surface area contributed by atoms with Crippen LogP contribution in [0.25, 0.3) is 0 Å². The van der Waals surface area contributed by atoms with E-state index in [-0.39, 0.29) is 41.6 Å². The van der Waals surface area contributed by atoms with Gasteiger partial charge in [0, 0.05) is 26.2 Å². The van der Waals surface area contributed by atoms with E-state index in [0.717, 1.165) is 18.4 Å². The van der Waals surface area contributed by atoms with Crippen LogP contribution in [0.2, 0.25) is 0 Å². The van der Waals surface area contributed by atoms with Gasteiger partial charge in [-0.25, -0.2) is 9.18 Å². The van der Waals surface area contributed by atoms with Crippen LogP contribution in [-0.2, 0) is 14.3 Å². The second-order valence-electron chi connectivity index (χ2n) is 8.66. The predicted molar refractivity (Wildman–Crippen MR) is 118 cm³/mol. The smallest absolute Gasteiger partial charge is 0.317 e. The van der Waals surface area contributed by atoms with E-state index in [1.54, 1.807) is 35.8 Å². The average Bonchev–Trinajstić information content (AvgIpc) is 2.80. The molecule has 1 aromatic carbocycles. The van der Waals surface area contributed by atoms with Crippen molar-refractivity contribution < 1.29 is 23.5 Å². The number of esters is 1. The van der Waals surface area contributed by atoms with Crippen molar-refractivity contribution in [3.05, 3.63) is 35.1 Å². The molecule has 0 spiro atoms. The zero-order chi connectivity index (χ0) is 23.3.